The standard InChI is InChI=1S/C4H10.C3H7NO/c1-3-4-2;1-2-3-4-5/h3-4H2,1-2H3;2,4-5H,1,3H2. The van der Waals surface area contributed by atoms with Crippen LogP contribution in [0.4, 0.5) is 0 Å². The molecule has 9 heavy (non-hydrogen) atoms. The summed E-state index contributed by atoms with van der Waals surface area (Å²) < 4.78 is 0. The third-order valence-electron chi connectivity index (χ3n) is 0.736. The van der Waals surface area contributed by atoms with Crippen LogP contribution < -0.4 is 5.48 Å². The molecule has 0 aromatic carbocycles. The zero-order valence-corrected chi connectivity index (χ0v) is 6.35. The Morgan fingerprint density at radius 2 is 1.89 bits per heavy atom. The highest BCUT2D eigenvalue weighted by atomic mass is 16.5. The van der Waals surface area contributed by atoms with E-state index in [1.54, 1.807) is 6.08 Å². The molecule has 0 heterocycles. The predicted molar refractivity (Wildman–Crippen MR) is 40.6 cm³/mol. The summed E-state index contributed by atoms with van der Waals surface area (Å²) in [5.74, 6) is 0. The third-order valence-corrected chi connectivity index (χ3v) is 0.736. The first-order valence-electron chi connectivity index (χ1n) is 3.31. The van der Waals surface area contributed by atoms with E-state index in [4.69, 9.17) is 5.21 Å². The number of unbranched alkanes of at least 4 members (excludes halogenated alkanes) is 1. The van der Waals surface area contributed by atoms with Crippen LogP contribution in [0.1, 0.15) is 26.7 Å². The molecule has 0 spiro atoms. The zero-order valence-electron chi connectivity index (χ0n) is 6.35. The van der Waals surface area contributed by atoms with E-state index in [0.29, 0.717) is 6.54 Å². The second kappa shape index (κ2) is 15.6. The summed E-state index contributed by atoms with van der Waals surface area (Å²) in [5.41, 5.74) is 1.90. The van der Waals surface area contributed by atoms with Crippen LogP contribution in [0.25, 0.3) is 0 Å². The maximum Gasteiger partial charge on any atom is 0.0385 e. The molecular weight excluding hydrogens is 114 g/mol. The molecule has 0 amide bonds. The molecule has 2 nitrogen and oxygen atoms in total. The summed E-state index contributed by atoms with van der Waals surface area (Å²) in [5, 5.41) is 7.74. The zero-order chi connectivity index (χ0) is 7.54. The van der Waals surface area contributed by atoms with Crippen LogP contribution in [0.2, 0.25) is 0 Å². The summed E-state index contributed by atoms with van der Waals surface area (Å²) in [4.78, 5) is 0. The fourth-order valence-electron chi connectivity index (χ4n) is 0.0645. The van der Waals surface area contributed by atoms with Crippen molar-refractivity contribution in [2.24, 2.45) is 0 Å². The van der Waals surface area contributed by atoms with Crippen molar-refractivity contribution in [3.05, 3.63) is 12.7 Å². The fourth-order valence-corrected chi connectivity index (χ4v) is 0.0645. The van der Waals surface area contributed by atoms with E-state index < -0.39 is 0 Å². The number of hydrogen-bond donors (Lipinski definition) is 2. The lowest BCUT2D eigenvalue weighted by atomic mass is 10.4. The highest BCUT2D eigenvalue weighted by Crippen LogP contribution is 1.76. The highest BCUT2D eigenvalue weighted by Gasteiger charge is 1.58. The van der Waals surface area contributed by atoms with Crippen LogP contribution in [0.3, 0.4) is 0 Å². The smallest absolute Gasteiger partial charge is 0.0385 e. The van der Waals surface area contributed by atoms with Gasteiger partial charge in [-0.15, -0.1) is 6.58 Å². The van der Waals surface area contributed by atoms with Gasteiger partial charge in [-0.05, 0) is 0 Å². The van der Waals surface area contributed by atoms with Gasteiger partial charge < -0.3 is 5.21 Å². The molecule has 0 aliphatic carbocycles. The topological polar surface area (TPSA) is 32.3 Å². The summed E-state index contributed by atoms with van der Waals surface area (Å²) in [6.45, 7) is 8.15. The molecule has 0 bridgehead atoms. The number of hydroxylamine groups is 1. The Bertz CT molecular complexity index is 44.2. The van der Waals surface area contributed by atoms with Crippen LogP contribution in [-0.4, -0.2) is 11.8 Å². The van der Waals surface area contributed by atoms with Gasteiger partial charge in [0, 0.05) is 6.54 Å². The Balaban J connectivity index is 0. The monoisotopic (exact) mass is 131 g/mol. The van der Waals surface area contributed by atoms with E-state index in [9.17, 15) is 0 Å². The first-order chi connectivity index (χ1) is 4.33. The normalized spacial score (nSPS) is 7.44. The van der Waals surface area contributed by atoms with E-state index >= 15 is 0 Å². The molecule has 2 heteroatoms. The minimum Gasteiger partial charge on any atom is -0.317 e. The van der Waals surface area contributed by atoms with Gasteiger partial charge in [-0.2, -0.15) is 0 Å². The average Bonchev–Trinajstić information content (AvgIpc) is 1.91. The molecule has 0 aromatic heterocycles. The summed E-state index contributed by atoms with van der Waals surface area (Å²) in [6.07, 6.45) is 4.21. The van der Waals surface area contributed by atoms with Crippen LogP contribution in [0, 0.1) is 0 Å². The van der Waals surface area contributed by atoms with Crippen LogP contribution in [0.15, 0.2) is 12.7 Å². The Hall–Kier alpha value is -0.340. The van der Waals surface area contributed by atoms with Crippen LogP contribution in [-0.2, 0) is 0 Å². The summed E-state index contributed by atoms with van der Waals surface area (Å²) >= 11 is 0. The van der Waals surface area contributed by atoms with Crippen LogP contribution in [0.5, 0.6) is 0 Å². The molecule has 0 fully saturated rings. The van der Waals surface area contributed by atoms with Crippen molar-refractivity contribution < 1.29 is 5.21 Å². The Morgan fingerprint density at radius 1 is 1.44 bits per heavy atom. The molecule has 0 aliphatic heterocycles. The van der Waals surface area contributed by atoms with Crippen molar-refractivity contribution in [3.8, 4) is 0 Å². The number of hydrogen-bond acceptors (Lipinski definition) is 2. The first kappa shape index (κ1) is 11.5. The molecular formula is C7H17NO. The Labute approximate surface area is 57.5 Å². The van der Waals surface area contributed by atoms with E-state index in [-0.39, 0.29) is 0 Å². The van der Waals surface area contributed by atoms with Gasteiger partial charge in [0.05, 0.1) is 0 Å². The first-order valence-corrected chi connectivity index (χ1v) is 3.31. The number of nitrogens with one attached hydrogen (secondary N) is 1. The van der Waals surface area contributed by atoms with Gasteiger partial charge in [0.2, 0.25) is 0 Å². The van der Waals surface area contributed by atoms with Gasteiger partial charge in [0.15, 0.2) is 0 Å². The molecule has 56 valence electrons. The van der Waals surface area contributed by atoms with E-state index in [0.717, 1.165) is 0 Å². The van der Waals surface area contributed by atoms with Gasteiger partial charge >= 0.3 is 0 Å². The molecule has 0 aliphatic rings. The van der Waals surface area contributed by atoms with Crippen molar-refractivity contribution >= 4 is 0 Å². The lowest BCUT2D eigenvalue weighted by Gasteiger charge is -1.78. The highest BCUT2D eigenvalue weighted by molar-refractivity contribution is 4.65. The lowest BCUT2D eigenvalue weighted by molar-refractivity contribution is 0.180. The predicted octanol–water partition coefficient (Wildman–Crippen LogP) is 1.96. The summed E-state index contributed by atoms with van der Waals surface area (Å²) in [7, 11) is 0. The molecule has 0 unspecified atom stereocenters. The number of rotatable bonds is 3. The van der Waals surface area contributed by atoms with Crippen LogP contribution >= 0.6 is 0 Å². The van der Waals surface area contributed by atoms with Crippen molar-refractivity contribution in [2.75, 3.05) is 6.54 Å². The molecule has 0 radical (unpaired) electrons. The molecule has 0 aromatic rings. The average molecular weight is 131 g/mol. The molecule has 0 atom stereocenters. The van der Waals surface area contributed by atoms with Crippen molar-refractivity contribution in [2.45, 2.75) is 26.7 Å². The van der Waals surface area contributed by atoms with Crippen molar-refractivity contribution in [3.63, 3.8) is 0 Å². The second-order valence-electron chi connectivity index (χ2n) is 1.65. The van der Waals surface area contributed by atoms with Gasteiger partial charge in [-0.3, -0.25) is 0 Å². The van der Waals surface area contributed by atoms with Crippen molar-refractivity contribution in [1.29, 1.82) is 0 Å². The fraction of sp³-hybridized carbons (Fsp3) is 0.714. The maximum atomic E-state index is 7.74. The Kier molecular flexibility index (Phi) is 19.9. The lowest BCUT2D eigenvalue weighted by Crippen LogP contribution is -2.04. The second-order valence-corrected chi connectivity index (χ2v) is 1.65. The van der Waals surface area contributed by atoms with E-state index in [1.807, 2.05) is 5.48 Å². The SMILES string of the molecule is C=CCNO.CCCC. The van der Waals surface area contributed by atoms with E-state index in [1.165, 1.54) is 12.8 Å². The van der Waals surface area contributed by atoms with Gasteiger partial charge in [-0.1, -0.05) is 32.8 Å². The molecule has 0 rings (SSSR count). The minimum atomic E-state index is 0.458. The molecule has 0 saturated heterocycles. The maximum absolute atomic E-state index is 7.74. The van der Waals surface area contributed by atoms with Gasteiger partial charge in [0.25, 0.3) is 0 Å². The molecule has 2 N–H and O–H groups in total. The summed E-state index contributed by atoms with van der Waals surface area (Å²) in [6, 6.07) is 0. The van der Waals surface area contributed by atoms with Crippen molar-refractivity contribution in [1.82, 2.24) is 5.48 Å². The van der Waals surface area contributed by atoms with Gasteiger partial charge in [0.1, 0.15) is 0 Å². The largest absolute Gasteiger partial charge is 0.317 e. The Morgan fingerprint density at radius 3 is 1.89 bits per heavy atom. The van der Waals surface area contributed by atoms with E-state index in [2.05, 4.69) is 20.4 Å². The third kappa shape index (κ3) is 34.7. The minimum absolute atomic E-state index is 0.458. The quantitative estimate of drug-likeness (QED) is 0.453. The molecule has 0 saturated carbocycles. The van der Waals surface area contributed by atoms with Gasteiger partial charge in [-0.25, -0.2) is 5.48 Å².